The Morgan fingerprint density at radius 2 is 1.56 bits per heavy atom. The van der Waals surface area contributed by atoms with Gasteiger partial charge in [-0.25, -0.2) is 8.42 Å². The van der Waals surface area contributed by atoms with E-state index in [9.17, 15) is 8.42 Å². The molecule has 3 heteroatoms. The van der Waals surface area contributed by atoms with E-state index >= 15 is 0 Å². The van der Waals surface area contributed by atoms with Gasteiger partial charge >= 0.3 is 0 Å². The van der Waals surface area contributed by atoms with Gasteiger partial charge in [-0.15, -0.1) is 0 Å². The van der Waals surface area contributed by atoms with E-state index in [1.807, 2.05) is 12.2 Å². The topological polar surface area (TPSA) is 34.1 Å². The predicted molar refractivity (Wildman–Crippen MR) is 34.8 cm³/mol. The first-order valence-electron chi connectivity index (χ1n) is 3.06. The molecule has 0 spiro atoms. The fraction of sp³-hybridized carbons (Fsp3) is 0.667. The van der Waals surface area contributed by atoms with Crippen molar-refractivity contribution in [3.05, 3.63) is 12.2 Å². The lowest BCUT2D eigenvalue weighted by Crippen LogP contribution is -2.14. The summed E-state index contributed by atoms with van der Waals surface area (Å²) >= 11 is 0. The molecule has 2 aliphatic rings. The quantitative estimate of drug-likeness (QED) is 0.456. The molecule has 9 heavy (non-hydrogen) atoms. The molecular weight excluding hydrogens is 136 g/mol. The van der Waals surface area contributed by atoms with Gasteiger partial charge in [0.2, 0.25) is 0 Å². The molecule has 0 bridgehead atoms. The van der Waals surface area contributed by atoms with Gasteiger partial charge < -0.3 is 0 Å². The van der Waals surface area contributed by atoms with E-state index in [0.717, 1.165) is 0 Å². The Morgan fingerprint density at radius 3 is 1.78 bits per heavy atom. The molecule has 0 radical (unpaired) electrons. The Balaban J connectivity index is 2.32. The van der Waals surface area contributed by atoms with Crippen LogP contribution in [0.2, 0.25) is 0 Å². The van der Waals surface area contributed by atoms with Crippen molar-refractivity contribution < 1.29 is 8.42 Å². The SMILES string of the molecule is O=S1(=O)C[C@@H]2C=C[C@H]2C1. The highest BCUT2D eigenvalue weighted by Crippen LogP contribution is 2.34. The molecule has 2 rings (SSSR count). The average Bonchev–Trinajstić information content (AvgIpc) is 1.90. The maximum Gasteiger partial charge on any atom is 0.151 e. The highest BCUT2D eigenvalue weighted by Gasteiger charge is 2.38. The standard InChI is InChI=1S/C6H8O2S/c7-9(8)3-5-1-2-6(5)4-9/h1-2,5-6H,3-4H2/t5-,6-/m0/s1. The molecule has 0 N–H and O–H groups in total. The zero-order valence-corrected chi connectivity index (χ0v) is 5.76. The molecule has 0 aromatic heterocycles. The van der Waals surface area contributed by atoms with E-state index in [4.69, 9.17) is 0 Å². The second-order valence-electron chi connectivity index (χ2n) is 2.79. The van der Waals surface area contributed by atoms with Crippen LogP contribution >= 0.6 is 0 Å². The third-order valence-electron chi connectivity index (χ3n) is 2.05. The van der Waals surface area contributed by atoms with E-state index in [2.05, 4.69) is 0 Å². The van der Waals surface area contributed by atoms with E-state index in [1.54, 1.807) is 0 Å². The summed E-state index contributed by atoms with van der Waals surface area (Å²) in [5.41, 5.74) is 0. The van der Waals surface area contributed by atoms with E-state index in [0.29, 0.717) is 23.3 Å². The first kappa shape index (κ1) is 5.47. The Hall–Kier alpha value is -0.310. The number of fused-ring (bicyclic) bond motifs is 1. The molecule has 0 unspecified atom stereocenters. The third-order valence-corrected chi connectivity index (χ3v) is 3.83. The van der Waals surface area contributed by atoms with Gasteiger partial charge in [0.05, 0.1) is 11.5 Å². The Labute approximate surface area is 54.5 Å². The Morgan fingerprint density at radius 1 is 1.11 bits per heavy atom. The summed E-state index contributed by atoms with van der Waals surface area (Å²) in [5, 5.41) is 0. The lowest BCUT2D eigenvalue weighted by atomic mass is 9.86. The van der Waals surface area contributed by atoms with Crippen LogP contribution in [0.1, 0.15) is 0 Å². The van der Waals surface area contributed by atoms with E-state index in [1.165, 1.54) is 0 Å². The monoisotopic (exact) mass is 144 g/mol. The summed E-state index contributed by atoms with van der Waals surface area (Å²) in [5.74, 6) is 1.53. The van der Waals surface area contributed by atoms with Crippen molar-refractivity contribution in [3.8, 4) is 0 Å². The summed E-state index contributed by atoms with van der Waals surface area (Å²) in [6.07, 6.45) is 3.99. The predicted octanol–water partition coefficient (Wildman–Crippen LogP) is 0.217. The van der Waals surface area contributed by atoms with Crippen molar-refractivity contribution in [2.45, 2.75) is 0 Å². The normalized spacial score (nSPS) is 44.0. The van der Waals surface area contributed by atoms with Gasteiger partial charge in [-0.2, -0.15) is 0 Å². The van der Waals surface area contributed by atoms with Gasteiger partial charge in [0.25, 0.3) is 0 Å². The minimum Gasteiger partial charge on any atom is -0.229 e. The molecule has 1 aliphatic carbocycles. The second kappa shape index (κ2) is 1.40. The highest BCUT2D eigenvalue weighted by atomic mass is 32.2. The molecule has 1 aliphatic heterocycles. The average molecular weight is 144 g/mol. The molecule has 0 aromatic carbocycles. The lowest BCUT2D eigenvalue weighted by Gasteiger charge is -2.17. The summed E-state index contributed by atoms with van der Waals surface area (Å²) in [7, 11) is -2.64. The van der Waals surface area contributed by atoms with Crippen LogP contribution in [0.4, 0.5) is 0 Å². The fourth-order valence-corrected chi connectivity index (χ4v) is 3.46. The first-order valence-corrected chi connectivity index (χ1v) is 4.88. The van der Waals surface area contributed by atoms with Crippen LogP contribution in [0.5, 0.6) is 0 Å². The number of hydrogen-bond donors (Lipinski definition) is 0. The van der Waals surface area contributed by atoms with Crippen LogP contribution < -0.4 is 0 Å². The molecule has 1 heterocycles. The summed E-state index contributed by atoms with van der Waals surface area (Å²) in [6.45, 7) is 0. The summed E-state index contributed by atoms with van der Waals surface area (Å²) in [4.78, 5) is 0. The van der Waals surface area contributed by atoms with Crippen molar-refractivity contribution in [2.75, 3.05) is 11.5 Å². The van der Waals surface area contributed by atoms with Crippen LogP contribution in [0, 0.1) is 11.8 Å². The summed E-state index contributed by atoms with van der Waals surface area (Å²) < 4.78 is 21.7. The van der Waals surface area contributed by atoms with Gasteiger partial charge in [-0.3, -0.25) is 0 Å². The Kier molecular flexibility index (Phi) is 0.850. The molecule has 0 saturated carbocycles. The number of allylic oxidation sites excluding steroid dienone is 2. The van der Waals surface area contributed by atoms with Gasteiger partial charge in [0.1, 0.15) is 0 Å². The van der Waals surface area contributed by atoms with Crippen molar-refractivity contribution in [3.63, 3.8) is 0 Å². The van der Waals surface area contributed by atoms with E-state index < -0.39 is 9.84 Å². The fourth-order valence-electron chi connectivity index (χ4n) is 1.44. The van der Waals surface area contributed by atoms with Crippen molar-refractivity contribution in [1.82, 2.24) is 0 Å². The summed E-state index contributed by atoms with van der Waals surface area (Å²) in [6, 6.07) is 0. The smallest absolute Gasteiger partial charge is 0.151 e. The van der Waals surface area contributed by atoms with Crippen LogP contribution in [-0.4, -0.2) is 19.9 Å². The van der Waals surface area contributed by atoms with Crippen molar-refractivity contribution in [2.24, 2.45) is 11.8 Å². The molecule has 1 fully saturated rings. The minimum absolute atomic E-state index is 0.370. The Bertz CT molecular complexity index is 230. The third kappa shape index (κ3) is 0.713. The number of hydrogen-bond acceptors (Lipinski definition) is 2. The molecule has 2 atom stereocenters. The van der Waals surface area contributed by atoms with Crippen molar-refractivity contribution >= 4 is 9.84 Å². The van der Waals surface area contributed by atoms with Gasteiger partial charge in [-0.1, -0.05) is 12.2 Å². The number of rotatable bonds is 0. The van der Waals surface area contributed by atoms with Gasteiger partial charge in [0, 0.05) is 0 Å². The van der Waals surface area contributed by atoms with Crippen LogP contribution in [0.25, 0.3) is 0 Å². The maximum absolute atomic E-state index is 10.9. The minimum atomic E-state index is -2.64. The van der Waals surface area contributed by atoms with E-state index in [-0.39, 0.29) is 0 Å². The molecule has 1 saturated heterocycles. The molecule has 0 aromatic rings. The lowest BCUT2D eigenvalue weighted by molar-refractivity contribution is 0.541. The number of sulfone groups is 1. The van der Waals surface area contributed by atoms with Gasteiger partial charge in [0.15, 0.2) is 9.84 Å². The zero-order chi connectivity index (χ0) is 6.48. The van der Waals surface area contributed by atoms with Crippen molar-refractivity contribution in [1.29, 1.82) is 0 Å². The largest absolute Gasteiger partial charge is 0.229 e. The maximum atomic E-state index is 10.9. The van der Waals surface area contributed by atoms with Crippen LogP contribution in [-0.2, 0) is 9.84 Å². The molecule has 2 nitrogen and oxygen atoms in total. The highest BCUT2D eigenvalue weighted by molar-refractivity contribution is 7.91. The van der Waals surface area contributed by atoms with Gasteiger partial charge in [-0.05, 0) is 11.8 Å². The second-order valence-corrected chi connectivity index (χ2v) is 4.94. The molecule has 50 valence electrons. The first-order chi connectivity index (χ1) is 4.17. The zero-order valence-electron chi connectivity index (χ0n) is 4.95. The van der Waals surface area contributed by atoms with Crippen LogP contribution in [0.15, 0.2) is 12.2 Å². The molecular formula is C6H8O2S. The van der Waals surface area contributed by atoms with Crippen LogP contribution in [0.3, 0.4) is 0 Å². The molecule has 0 amide bonds.